The smallest absolute Gasteiger partial charge is 0.339 e. The summed E-state index contributed by atoms with van der Waals surface area (Å²) in [6.07, 6.45) is 4.13. The molecular weight excluding hydrogens is 284 g/mol. The number of carbonyl (C=O) groups excluding carboxylic acids is 2. The van der Waals surface area contributed by atoms with Crippen LogP contribution in [0.4, 0.5) is 0 Å². The van der Waals surface area contributed by atoms with Crippen LogP contribution in [0.3, 0.4) is 0 Å². The average Bonchev–Trinajstić information content (AvgIpc) is 2.54. The van der Waals surface area contributed by atoms with E-state index in [0.717, 1.165) is 25.1 Å². The quantitative estimate of drug-likeness (QED) is 0.836. The SMILES string of the molecule is COC(=O)C1CNCC(C)C1.COC(=O)c1cncc(C)c1. The predicted octanol–water partition coefficient (Wildman–Crippen LogP) is 1.58. The molecule has 0 aromatic carbocycles. The van der Waals surface area contributed by atoms with E-state index in [0.29, 0.717) is 11.5 Å². The standard InChI is InChI=1S/C8H15NO2.C8H9NO2/c2*1-6-3-7(5-9-4-6)8(10)11-2/h6-7,9H,3-5H2,1-2H3;3-5H,1-2H3. The molecule has 2 rings (SSSR count). The van der Waals surface area contributed by atoms with Crippen LogP contribution in [0.25, 0.3) is 0 Å². The zero-order chi connectivity index (χ0) is 16.5. The maximum absolute atomic E-state index is 11.1. The van der Waals surface area contributed by atoms with Crippen LogP contribution in [0.5, 0.6) is 0 Å². The Bertz CT molecular complexity index is 505. The summed E-state index contributed by atoms with van der Waals surface area (Å²) in [6, 6.07) is 1.73. The lowest BCUT2D eigenvalue weighted by molar-refractivity contribution is -0.146. The Hall–Kier alpha value is -1.95. The summed E-state index contributed by atoms with van der Waals surface area (Å²) in [4.78, 5) is 25.8. The molecule has 6 nitrogen and oxygen atoms in total. The molecule has 0 bridgehead atoms. The molecule has 0 amide bonds. The second-order valence-corrected chi connectivity index (χ2v) is 5.46. The van der Waals surface area contributed by atoms with Crippen molar-refractivity contribution in [2.75, 3.05) is 27.3 Å². The Morgan fingerprint density at radius 2 is 1.95 bits per heavy atom. The van der Waals surface area contributed by atoms with E-state index in [9.17, 15) is 9.59 Å². The first-order chi connectivity index (χ1) is 10.5. The lowest BCUT2D eigenvalue weighted by Crippen LogP contribution is -2.39. The van der Waals surface area contributed by atoms with Crippen molar-refractivity contribution in [3.05, 3.63) is 29.6 Å². The molecule has 2 heterocycles. The molecule has 6 heteroatoms. The molecular formula is C16H24N2O4. The molecule has 22 heavy (non-hydrogen) atoms. The maximum atomic E-state index is 11.1. The van der Waals surface area contributed by atoms with E-state index in [1.807, 2.05) is 6.92 Å². The van der Waals surface area contributed by atoms with Crippen molar-refractivity contribution in [2.45, 2.75) is 20.3 Å². The Labute approximate surface area is 131 Å². The summed E-state index contributed by atoms with van der Waals surface area (Å²) in [6.45, 7) is 5.81. The number of pyridine rings is 1. The average molecular weight is 308 g/mol. The fourth-order valence-electron chi connectivity index (χ4n) is 2.29. The summed E-state index contributed by atoms with van der Waals surface area (Å²) in [5, 5.41) is 3.20. The summed E-state index contributed by atoms with van der Waals surface area (Å²) in [7, 11) is 2.80. The molecule has 1 saturated heterocycles. The molecule has 0 spiro atoms. The van der Waals surface area contributed by atoms with Gasteiger partial charge in [0.15, 0.2) is 0 Å². The van der Waals surface area contributed by atoms with Gasteiger partial charge in [0.05, 0.1) is 25.7 Å². The minimum atomic E-state index is -0.346. The van der Waals surface area contributed by atoms with Crippen molar-refractivity contribution >= 4 is 11.9 Å². The third-order valence-corrected chi connectivity index (χ3v) is 3.40. The fraction of sp³-hybridized carbons (Fsp3) is 0.562. The largest absolute Gasteiger partial charge is 0.469 e. The molecule has 122 valence electrons. The van der Waals surface area contributed by atoms with Gasteiger partial charge in [-0.15, -0.1) is 0 Å². The normalized spacial score (nSPS) is 20.4. The van der Waals surface area contributed by atoms with Gasteiger partial charge in [-0.25, -0.2) is 4.79 Å². The molecule has 1 N–H and O–H groups in total. The van der Waals surface area contributed by atoms with Crippen molar-refractivity contribution in [3.8, 4) is 0 Å². The van der Waals surface area contributed by atoms with Crippen molar-refractivity contribution < 1.29 is 19.1 Å². The third kappa shape index (κ3) is 5.81. The Morgan fingerprint density at radius 1 is 1.23 bits per heavy atom. The van der Waals surface area contributed by atoms with Crippen molar-refractivity contribution in [3.63, 3.8) is 0 Å². The highest BCUT2D eigenvalue weighted by molar-refractivity contribution is 5.89. The van der Waals surface area contributed by atoms with Crippen LogP contribution in [0, 0.1) is 18.8 Å². The zero-order valence-corrected chi connectivity index (χ0v) is 13.6. The molecule has 1 aromatic rings. The number of aryl methyl sites for hydroxylation is 1. The summed E-state index contributed by atoms with van der Waals surface area (Å²) in [5.41, 5.74) is 1.44. The van der Waals surface area contributed by atoms with Gasteiger partial charge in [-0.05, 0) is 37.4 Å². The second-order valence-electron chi connectivity index (χ2n) is 5.46. The predicted molar refractivity (Wildman–Crippen MR) is 82.5 cm³/mol. The van der Waals surface area contributed by atoms with E-state index in [1.54, 1.807) is 12.3 Å². The highest BCUT2D eigenvalue weighted by atomic mass is 16.5. The molecule has 1 aliphatic rings. The molecule has 0 aliphatic carbocycles. The molecule has 1 fully saturated rings. The summed E-state index contributed by atoms with van der Waals surface area (Å²) >= 11 is 0. The first-order valence-electron chi connectivity index (χ1n) is 7.26. The molecule has 2 unspecified atom stereocenters. The monoisotopic (exact) mass is 308 g/mol. The summed E-state index contributed by atoms with van der Waals surface area (Å²) in [5.74, 6) is 0.238. The number of piperidine rings is 1. The second kappa shape index (κ2) is 9.15. The van der Waals surface area contributed by atoms with Crippen molar-refractivity contribution in [1.29, 1.82) is 0 Å². The topological polar surface area (TPSA) is 77.5 Å². The molecule has 1 aliphatic heterocycles. The number of nitrogens with one attached hydrogen (secondary N) is 1. The highest BCUT2D eigenvalue weighted by Crippen LogP contribution is 2.16. The first-order valence-corrected chi connectivity index (χ1v) is 7.26. The van der Waals surface area contributed by atoms with Crippen LogP contribution in [0.2, 0.25) is 0 Å². The van der Waals surface area contributed by atoms with Crippen LogP contribution >= 0.6 is 0 Å². The molecule has 2 atom stereocenters. The van der Waals surface area contributed by atoms with Gasteiger partial charge in [-0.3, -0.25) is 9.78 Å². The molecule has 1 aromatic heterocycles. The van der Waals surface area contributed by atoms with E-state index >= 15 is 0 Å². The van der Waals surface area contributed by atoms with E-state index in [1.165, 1.54) is 20.4 Å². The Kier molecular flexibility index (Phi) is 7.52. The Balaban J connectivity index is 0.000000220. The van der Waals surface area contributed by atoms with Crippen LogP contribution in [-0.2, 0) is 14.3 Å². The van der Waals surface area contributed by atoms with Gasteiger partial charge in [0.2, 0.25) is 0 Å². The molecule has 0 radical (unpaired) electrons. The summed E-state index contributed by atoms with van der Waals surface area (Å²) < 4.78 is 9.17. The number of aromatic nitrogens is 1. The number of ether oxygens (including phenoxy) is 2. The van der Waals surface area contributed by atoms with Crippen molar-refractivity contribution in [2.24, 2.45) is 11.8 Å². The van der Waals surface area contributed by atoms with Crippen LogP contribution < -0.4 is 5.32 Å². The van der Waals surface area contributed by atoms with Crippen LogP contribution in [-0.4, -0.2) is 44.2 Å². The zero-order valence-electron chi connectivity index (χ0n) is 13.6. The fourth-order valence-corrected chi connectivity index (χ4v) is 2.29. The van der Waals surface area contributed by atoms with E-state index in [4.69, 9.17) is 0 Å². The number of methoxy groups -OCH3 is 2. The number of esters is 2. The van der Waals surface area contributed by atoms with Gasteiger partial charge in [0.25, 0.3) is 0 Å². The number of nitrogens with zero attached hydrogens (tertiary/aromatic N) is 1. The Morgan fingerprint density at radius 3 is 2.50 bits per heavy atom. The maximum Gasteiger partial charge on any atom is 0.339 e. The van der Waals surface area contributed by atoms with Gasteiger partial charge in [-0.1, -0.05) is 6.92 Å². The number of rotatable bonds is 2. The van der Waals surface area contributed by atoms with Gasteiger partial charge in [0.1, 0.15) is 0 Å². The number of carbonyl (C=O) groups is 2. The molecule has 0 saturated carbocycles. The lowest BCUT2D eigenvalue weighted by Gasteiger charge is -2.25. The van der Waals surface area contributed by atoms with Crippen molar-refractivity contribution in [1.82, 2.24) is 10.3 Å². The minimum Gasteiger partial charge on any atom is -0.469 e. The van der Waals surface area contributed by atoms with E-state index < -0.39 is 0 Å². The third-order valence-electron chi connectivity index (χ3n) is 3.40. The highest BCUT2D eigenvalue weighted by Gasteiger charge is 2.24. The number of hydrogen-bond acceptors (Lipinski definition) is 6. The lowest BCUT2D eigenvalue weighted by atomic mass is 9.92. The van der Waals surface area contributed by atoms with Gasteiger partial charge in [-0.2, -0.15) is 0 Å². The number of hydrogen-bond donors (Lipinski definition) is 1. The van der Waals surface area contributed by atoms with E-state index in [2.05, 4.69) is 26.7 Å². The minimum absolute atomic E-state index is 0.0729. The van der Waals surface area contributed by atoms with Crippen LogP contribution in [0.15, 0.2) is 18.5 Å². The van der Waals surface area contributed by atoms with Gasteiger partial charge >= 0.3 is 11.9 Å². The van der Waals surface area contributed by atoms with Gasteiger partial charge < -0.3 is 14.8 Å². The van der Waals surface area contributed by atoms with E-state index in [-0.39, 0.29) is 17.9 Å². The van der Waals surface area contributed by atoms with Crippen LogP contribution in [0.1, 0.15) is 29.3 Å². The van der Waals surface area contributed by atoms with Gasteiger partial charge in [0, 0.05) is 18.9 Å². The first kappa shape index (κ1) is 18.1.